The summed E-state index contributed by atoms with van der Waals surface area (Å²) in [6, 6.07) is 3.99. The van der Waals surface area contributed by atoms with E-state index in [1.54, 1.807) is 42.0 Å². The standard InChI is InChI=1S/C24H28Cl2N4O5/c1-3-35-23(33)14-6-5-10-29(12-14)18(31)9-11-30-13-17-19(22(30)32)21(27-24(34)28(17)2)15-7-4-8-16(25)20(15)26/h4,7-8,14,21H,3,5-6,9-13H2,1-2H3,(H,27,34). The van der Waals surface area contributed by atoms with Gasteiger partial charge in [0.2, 0.25) is 5.91 Å². The summed E-state index contributed by atoms with van der Waals surface area (Å²) in [5.41, 5.74) is 1.54. The van der Waals surface area contributed by atoms with Crippen molar-refractivity contribution in [3.63, 3.8) is 0 Å². The number of urea groups is 1. The molecule has 3 aliphatic rings. The average molecular weight is 523 g/mol. The molecule has 0 spiro atoms. The SMILES string of the molecule is CCOC(=O)C1CCCN(C(=O)CCN2CC3=C(C2=O)C(c2cccc(Cl)c2Cl)NC(=O)N3C)C1. The minimum atomic E-state index is -0.736. The highest BCUT2D eigenvalue weighted by molar-refractivity contribution is 6.42. The Labute approximate surface area is 213 Å². The first-order chi connectivity index (χ1) is 16.7. The molecule has 3 heterocycles. The fourth-order valence-corrected chi connectivity index (χ4v) is 5.24. The summed E-state index contributed by atoms with van der Waals surface area (Å²) in [5, 5.41) is 3.44. The van der Waals surface area contributed by atoms with Gasteiger partial charge in [-0.25, -0.2) is 4.79 Å². The van der Waals surface area contributed by atoms with Gasteiger partial charge in [0.1, 0.15) is 0 Å². The number of halogens is 2. The van der Waals surface area contributed by atoms with Gasteiger partial charge in [-0.05, 0) is 31.4 Å². The number of carbonyl (C=O) groups excluding carboxylic acids is 4. The lowest BCUT2D eigenvalue weighted by Crippen LogP contribution is -2.45. The second-order valence-electron chi connectivity index (χ2n) is 8.85. The van der Waals surface area contributed by atoms with Crippen LogP contribution in [0.4, 0.5) is 4.79 Å². The number of piperidine rings is 1. The number of carbonyl (C=O) groups is 4. The number of nitrogens with zero attached hydrogens (tertiary/aromatic N) is 3. The number of esters is 1. The Morgan fingerprint density at radius 1 is 1.23 bits per heavy atom. The maximum atomic E-state index is 13.4. The molecule has 2 atom stereocenters. The number of rotatable bonds is 6. The van der Waals surface area contributed by atoms with E-state index < -0.39 is 6.04 Å². The molecule has 1 saturated heterocycles. The van der Waals surface area contributed by atoms with Crippen LogP contribution in [0.3, 0.4) is 0 Å². The second kappa shape index (κ2) is 10.5. The zero-order chi connectivity index (χ0) is 25.3. The molecule has 1 aromatic rings. The summed E-state index contributed by atoms with van der Waals surface area (Å²) < 4.78 is 5.11. The first-order valence-electron chi connectivity index (χ1n) is 11.7. The van der Waals surface area contributed by atoms with Gasteiger partial charge < -0.3 is 19.9 Å². The van der Waals surface area contributed by atoms with Gasteiger partial charge in [-0.2, -0.15) is 0 Å². The van der Waals surface area contributed by atoms with Gasteiger partial charge in [0.15, 0.2) is 0 Å². The Hall–Kier alpha value is -2.78. The van der Waals surface area contributed by atoms with Gasteiger partial charge in [-0.1, -0.05) is 35.3 Å². The molecule has 9 nitrogen and oxygen atoms in total. The smallest absolute Gasteiger partial charge is 0.322 e. The number of nitrogens with one attached hydrogen (secondary N) is 1. The van der Waals surface area contributed by atoms with Crippen LogP contribution in [-0.4, -0.2) is 78.3 Å². The zero-order valence-electron chi connectivity index (χ0n) is 19.7. The number of hydrogen-bond acceptors (Lipinski definition) is 5. The topological polar surface area (TPSA) is 99.3 Å². The van der Waals surface area contributed by atoms with E-state index in [-0.39, 0.29) is 54.3 Å². The van der Waals surface area contributed by atoms with Crippen molar-refractivity contribution in [1.82, 2.24) is 20.0 Å². The van der Waals surface area contributed by atoms with Gasteiger partial charge in [0, 0.05) is 33.1 Å². The lowest BCUT2D eigenvalue weighted by Gasteiger charge is -2.32. The first-order valence-corrected chi connectivity index (χ1v) is 12.4. The van der Waals surface area contributed by atoms with E-state index in [0.717, 1.165) is 6.42 Å². The molecule has 0 bridgehead atoms. The van der Waals surface area contributed by atoms with Crippen molar-refractivity contribution in [3.05, 3.63) is 45.1 Å². The second-order valence-corrected chi connectivity index (χ2v) is 9.64. The molecule has 4 amide bonds. The number of amides is 4. The molecule has 0 radical (unpaired) electrons. The lowest BCUT2D eigenvalue weighted by atomic mass is 9.95. The molecule has 1 aromatic carbocycles. The molecule has 0 aromatic heterocycles. The van der Waals surface area contributed by atoms with E-state index in [9.17, 15) is 19.2 Å². The minimum absolute atomic E-state index is 0.117. The average Bonchev–Trinajstić information content (AvgIpc) is 3.18. The Kier molecular flexibility index (Phi) is 7.56. The molecule has 188 valence electrons. The Morgan fingerprint density at radius 3 is 2.74 bits per heavy atom. The Bertz CT molecular complexity index is 1090. The van der Waals surface area contributed by atoms with Gasteiger partial charge >= 0.3 is 12.0 Å². The predicted octanol–water partition coefficient (Wildman–Crippen LogP) is 2.98. The normalized spacial score (nSPS) is 22.3. The zero-order valence-corrected chi connectivity index (χ0v) is 21.2. The maximum absolute atomic E-state index is 13.4. The predicted molar refractivity (Wildman–Crippen MR) is 130 cm³/mol. The van der Waals surface area contributed by atoms with Crippen LogP contribution < -0.4 is 5.32 Å². The number of ether oxygens (including phenoxy) is 1. The summed E-state index contributed by atoms with van der Waals surface area (Å²) >= 11 is 12.6. The first kappa shape index (κ1) is 25.3. The number of hydrogen-bond donors (Lipinski definition) is 1. The lowest BCUT2D eigenvalue weighted by molar-refractivity contribution is -0.151. The van der Waals surface area contributed by atoms with E-state index in [0.29, 0.717) is 48.0 Å². The van der Waals surface area contributed by atoms with Crippen LogP contribution in [0.25, 0.3) is 0 Å². The molecule has 0 aliphatic carbocycles. The van der Waals surface area contributed by atoms with Crippen LogP contribution in [0.15, 0.2) is 29.5 Å². The molecule has 2 unspecified atom stereocenters. The van der Waals surface area contributed by atoms with E-state index in [4.69, 9.17) is 27.9 Å². The Morgan fingerprint density at radius 2 is 2.00 bits per heavy atom. The largest absolute Gasteiger partial charge is 0.466 e. The van der Waals surface area contributed by atoms with E-state index >= 15 is 0 Å². The van der Waals surface area contributed by atoms with E-state index in [2.05, 4.69) is 5.32 Å². The van der Waals surface area contributed by atoms with Crippen molar-refractivity contribution < 1.29 is 23.9 Å². The number of likely N-dealkylation sites (N-methyl/N-ethyl adjacent to an activating group) is 1. The monoisotopic (exact) mass is 522 g/mol. The molecule has 0 saturated carbocycles. The van der Waals surface area contributed by atoms with Crippen molar-refractivity contribution >= 4 is 47.0 Å². The van der Waals surface area contributed by atoms with Crippen LogP contribution in [-0.2, 0) is 19.1 Å². The van der Waals surface area contributed by atoms with Crippen LogP contribution in [0, 0.1) is 5.92 Å². The van der Waals surface area contributed by atoms with Gasteiger partial charge in [-0.3, -0.25) is 19.3 Å². The summed E-state index contributed by atoms with van der Waals surface area (Å²) in [4.78, 5) is 55.7. The fraction of sp³-hybridized carbons (Fsp3) is 0.500. The van der Waals surface area contributed by atoms with Gasteiger partial charge in [0.25, 0.3) is 5.91 Å². The third-order valence-electron chi connectivity index (χ3n) is 6.72. The summed E-state index contributed by atoms with van der Waals surface area (Å²) in [5.74, 6) is -0.969. The third-order valence-corrected chi connectivity index (χ3v) is 7.55. The number of benzene rings is 1. The molecule has 11 heteroatoms. The number of likely N-dealkylation sites (tertiary alicyclic amines) is 1. The van der Waals surface area contributed by atoms with Crippen molar-refractivity contribution in [1.29, 1.82) is 0 Å². The molecule has 4 rings (SSSR count). The van der Waals surface area contributed by atoms with Crippen LogP contribution in [0.1, 0.15) is 37.8 Å². The quantitative estimate of drug-likeness (QED) is 0.579. The summed E-state index contributed by atoms with van der Waals surface area (Å²) in [6.45, 7) is 3.39. The summed E-state index contributed by atoms with van der Waals surface area (Å²) in [6.07, 6.45) is 1.55. The molecular formula is C24H28Cl2N4O5. The Balaban J connectivity index is 1.45. The molecule has 3 aliphatic heterocycles. The van der Waals surface area contributed by atoms with Crippen LogP contribution in [0.2, 0.25) is 10.0 Å². The van der Waals surface area contributed by atoms with Crippen molar-refractivity contribution in [2.45, 2.75) is 32.2 Å². The molecule has 1 fully saturated rings. The van der Waals surface area contributed by atoms with Crippen LogP contribution in [0.5, 0.6) is 0 Å². The van der Waals surface area contributed by atoms with Crippen molar-refractivity contribution in [2.75, 3.05) is 39.8 Å². The van der Waals surface area contributed by atoms with Crippen molar-refractivity contribution in [2.24, 2.45) is 5.92 Å². The van der Waals surface area contributed by atoms with Crippen molar-refractivity contribution in [3.8, 4) is 0 Å². The van der Waals surface area contributed by atoms with E-state index in [1.165, 1.54) is 4.90 Å². The van der Waals surface area contributed by atoms with Crippen LogP contribution >= 0.6 is 23.2 Å². The van der Waals surface area contributed by atoms with Gasteiger partial charge in [0.05, 0.1) is 46.4 Å². The van der Waals surface area contributed by atoms with Gasteiger partial charge in [-0.15, -0.1) is 0 Å². The summed E-state index contributed by atoms with van der Waals surface area (Å²) in [7, 11) is 1.60. The molecular weight excluding hydrogens is 495 g/mol. The molecule has 1 N–H and O–H groups in total. The highest BCUT2D eigenvalue weighted by atomic mass is 35.5. The highest BCUT2D eigenvalue weighted by Gasteiger charge is 2.43. The highest BCUT2D eigenvalue weighted by Crippen LogP contribution is 2.40. The fourth-order valence-electron chi connectivity index (χ4n) is 4.83. The molecule has 35 heavy (non-hydrogen) atoms. The maximum Gasteiger partial charge on any atom is 0.322 e. The third kappa shape index (κ3) is 4.97. The van der Waals surface area contributed by atoms with E-state index in [1.807, 2.05) is 0 Å². The minimum Gasteiger partial charge on any atom is -0.466 e.